The van der Waals surface area contributed by atoms with Gasteiger partial charge in [-0.15, -0.1) is 0 Å². The molecule has 0 saturated carbocycles. The van der Waals surface area contributed by atoms with E-state index in [0.29, 0.717) is 11.5 Å². The van der Waals surface area contributed by atoms with Crippen molar-refractivity contribution >= 4 is 33.7 Å². The summed E-state index contributed by atoms with van der Waals surface area (Å²) in [6.45, 7) is 1.74. The normalized spacial score (nSPS) is 15.5. The molecule has 25 heavy (non-hydrogen) atoms. The lowest BCUT2D eigenvalue weighted by molar-refractivity contribution is -0.146. The molecular formula is C18H17BrN2O4. The lowest BCUT2D eigenvalue weighted by Gasteiger charge is -2.21. The number of carbonyl (C=O) groups excluding carboxylic acids is 3. The molecule has 2 aromatic rings. The van der Waals surface area contributed by atoms with Crippen LogP contribution in [0.15, 0.2) is 45.3 Å². The predicted molar refractivity (Wildman–Crippen MR) is 94.2 cm³/mol. The third kappa shape index (κ3) is 3.82. The molecule has 7 heteroatoms. The second-order valence-electron chi connectivity index (χ2n) is 5.82. The molecule has 0 radical (unpaired) electrons. The number of rotatable bonds is 5. The maximum absolute atomic E-state index is 12.2. The first-order valence-corrected chi connectivity index (χ1v) is 8.72. The van der Waals surface area contributed by atoms with Gasteiger partial charge in [0, 0.05) is 22.9 Å². The summed E-state index contributed by atoms with van der Waals surface area (Å²) in [5.74, 6) is 0.309. The summed E-state index contributed by atoms with van der Waals surface area (Å²) in [5.41, 5.74) is 0.933. The Bertz CT molecular complexity index is 797. The largest absolute Gasteiger partial charge is 0.459 e. The maximum Gasteiger partial charge on any atom is 0.243 e. The molecule has 1 N–H and O–H groups in total. The van der Waals surface area contributed by atoms with E-state index in [4.69, 9.17) is 4.42 Å². The second-order valence-corrected chi connectivity index (χ2v) is 6.74. The summed E-state index contributed by atoms with van der Waals surface area (Å²) >= 11 is 3.38. The van der Waals surface area contributed by atoms with Crippen molar-refractivity contribution in [2.24, 2.45) is 0 Å². The number of benzene rings is 1. The summed E-state index contributed by atoms with van der Waals surface area (Å²) in [6.07, 6.45) is 0.344. The minimum Gasteiger partial charge on any atom is -0.459 e. The van der Waals surface area contributed by atoms with Crippen molar-refractivity contribution in [2.45, 2.75) is 32.4 Å². The molecule has 0 spiro atoms. The fourth-order valence-corrected chi connectivity index (χ4v) is 2.97. The van der Waals surface area contributed by atoms with Crippen LogP contribution in [-0.4, -0.2) is 28.7 Å². The first-order chi connectivity index (χ1) is 12.0. The van der Waals surface area contributed by atoms with Crippen LogP contribution in [0.2, 0.25) is 0 Å². The van der Waals surface area contributed by atoms with Crippen molar-refractivity contribution in [2.75, 3.05) is 0 Å². The standard InChI is InChI=1S/C18H17BrN2O4/c1-11(21-16(22)8-9-17(21)23)18(24)20-10-14-6-7-15(25-14)12-2-4-13(19)5-3-12/h2-7,11H,8-10H2,1H3,(H,20,24). The van der Waals surface area contributed by atoms with Crippen LogP contribution < -0.4 is 5.32 Å². The van der Waals surface area contributed by atoms with E-state index < -0.39 is 6.04 Å². The highest BCUT2D eigenvalue weighted by Gasteiger charge is 2.35. The molecule has 3 amide bonds. The number of amides is 3. The van der Waals surface area contributed by atoms with E-state index in [1.807, 2.05) is 30.3 Å². The average molecular weight is 405 g/mol. The Morgan fingerprint density at radius 3 is 2.44 bits per heavy atom. The Hall–Kier alpha value is -2.41. The van der Waals surface area contributed by atoms with Crippen molar-refractivity contribution in [3.05, 3.63) is 46.6 Å². The third-order valence-corrected chi connectivity index (χ3v) is 4.61. The van der Waals surface area contributed by atoms with E-state index in [1.165, 1.54) is 0 Å². The van der Waals surface area contributed by atoms with Crippen LogP contribution in [0.5, 0.6) is 0 Å². The number of furan rings is 1. The van der Waals surface area contributed by atoms with E-state index in [1.54, 1.807) is 13.0 Å². The highest BCUT2D eigenvalue weighted by atomic mass is 79.9. The minimum atomic E-state index is -0.816. The number of nitrogens with zero attached hydrogens (tertiary/aromatic N) is 1. The molecule has 1 atom stereocenters. The van der Waals surface area contributed by atoms with Gasteiger partial charge >= 0.3 is 0 Å². The van der Waals surface area contributed by atoms with Crippen molar-refractivity contribution in [3.63, 3.8) is 0 Å². The molecule has 0 bridgehead atoms. The van der Waals surface area contributed by atoms with Gasteiger partial charge in [0.25, 0.3) is 0 Å². The van der Waals surface area contributed by atoms with Crippen LogP contribution in [0.3, 0.4) is 0 Å². The van der Waals surface area contributed by atoms with Gasteiger partial charge in [-0.25, -0.2) is 0 Å². The van der Waals surface area contributed by atoms with Crippen LogP contribution in [0.1, 0.15) is 25.5 Å². The first kappa shape index (κ1) is 17.4. The molecule has 2 heterocycles. The Labute approximate surface area is 153 Å². The summed E-state index contributed by atoms with van der Waals surface area (Å²) < 4.78 is 6.71. The molecule has 1 unspecified atom stereocenters. The number of imide groups is 1. The zero-order valence-electron chi connectivity index (χ0n) is 13.6. The van der Waals surface area contributed by atoms with E-state index >= 15 is 0 Å². The van der Waals surface area contributed by atoms with Gasteiger partial charge in [-0.2, -0.15) is 0 Å². The van der Waals surface area contributed by atoms with E-state index in [-0.39, 0.29) is 37.1 Å². The Balaban J connectivity index is 1.60. The zero-order valence-corrected chi connectivity index (χ0v) is 15.2. The minimum absolute atomic E-state index is 0.172. The number of hydrogen-bond acceptors (Lipinski definition) is 4. The molecule has 1 aliphatic heterocycles. The lowest BCUT2D eigenvalue weighted by atomic mass is 10.2. The lowest BCUT2D eigenvalue weighted by Crippen LogP contribution is -2.47. The molecule has 6 nitrogen and oxygen atoms in total. The molecule has 1 aromatic carbocycles. The molecule has 130 valence electrons. The quantitative estimate of drug-likeness (QED) is 0.776. The fraction of sp³-hybridized carbons (Fsp3) is 0.278. The third-order valence-electron chi connectivity index (χ3n) is 4.08. The second kappa shape index (κ2) is 7.23. The highest BCUT2D eigenvalue weighted by Crippen LogP contribution is 2.24. The fourth-order valence-electron chi connectivity index (χ4n) is 2.71. The molecule has 1 fully saturated rings. The van der Waals surface area contributed by atoms with E-state index in [0.717, 1.165) is 14.9 Å². The van der Waals surface area contributed by atoms with Crippen molar-refractivity contribution in [3.8, 4) is 11.3 Å². The van der Waals surface area contributed by atoms with Crippen LogP contribution in [0, 0.1) is 0 Å². The van der Waals surface area contributed by atoms with Crippen LogP contribution in [0.4, 0.5) is 0 Å². The van der Waals surface area contributed by atoms with Gasteiger partial charge in [0.2, 0.25) is 17.7 Å². The van der Waals surface area contributed by atoms with Gasteiger partial charge in [-0.05, 0) is 31.2 Å². The number of carbonyl (C=O) groups is 3. The van der Waals surface area contributed by atoms with Gasteiger partial charge in [-0.3, -0.25) is 19.3 Å². The van der Waals surface area contributed by atoms with Crippen LogP contribution >= 0.6 is 15.9 Å². The van der Waals surface area contributed by atoms with Crippen molar-refractivity contribution in [1.82, 2.24) is 10.2 Å². The average Bonchev–Trinajstić information content (AvgIpc) is 3.19. The van der Waals surface area contributed by atoms with E-state index in [2.05, 4.69) is 21.2 Å². The van der Waals surface area contributed by atoms with E-state index in [9.17, 15) is 14.4 Å². The van der Waals surface area contributed by atoms with Crippen molar-refractivity contribution in [1.29, 1.82) is 0 Å². The topological polar surface area (TPSA) is 79.6 Å². The molecule has 3 rings (SSSR count). The summed E-state index contributed by atoms with van der Waals surface area (Å²) in [5, 5.41) is 2.70. The Morgan fingerprint density at radius 1 is 1.16 bits per heavy atom. The molecule has 1 aliphatic rings. The summed E-state index contributed by atoms with van der Waals surface area (Å²) in [7, 11) is 0. The Kier molecular flexibility index (Phi) is 5.03. The monoisotopic (exact) mass is 404 g/mol. The molecule has 0 aliphatic carbocycles. The summed E-state index contributed by atoms with van der Waals surface area (Å²) in [6, 6.07) is 10.5. The smallest absolute Gasteiger partial charge is 0.243 e. The number of halogens is 1. The number of likely N-dealkylation sites (tertiary alicyclic amines) is 1. The van der Waals surface area contributed by atoms with Crippen LogP contribution in [-0.2, 0) is 20.9 Å². The van der Waals surface area contributed by atoms with Gasteiger partial charge in [0.15, 0.2) is 0 Å². The highest BCUT2D eigenvalue weighted by molar-refractivity contribution is 9.10. The maximum atomic E-state index is 12.2. The number of hydrogen-bond donors (Lipinski definition) is 1. The predicted octanol–water partition coefficient (Wildman–Crippen LogP) is 2.86. The van der Waals surface area contributed by atoms with Gasteiger partial charge in [-0.1, -0.05) is 28.1 Å². The summed E-state index contributed by atoms with van der Waals surface area (Å²) in [4.78, 5) is 36.6. The van der Waals surface area contributed by atoms with Gasteiger partial charge in [0.1, 0.15) is 17.6 Å². The molecule has 1 saturated heterocycles. The van der Waals surface area contributed by atoms with Crippen molar-refractivity contribution < 1.29 is 18.8 Å². The SMILES string of the molecule is CC(C(=O)NCc1ccc(-c2ccc(Br)cc2)o1)N1C(=O)CCC1=O. The van der Waals surface area contributed by atoms with Gasteiger partial charge in [0.05, 0.1) is 6.54 Å². The zero-order chi connectivity index (χ0) is 18.0. The van der Waals surface area contributed by atoms with Crippen LogP contribution in [0.25, 0.3) is 11.3 Å². The van der Waals surface area contributed by atoms with Gasteiger partial charge < -0.3 is 9.73 Å². The Morgan fingerprint density at radius 2 is 1.80 bits per heavy atom. The molecule has 1 aromatic heterocycles. The number of nitrogens with one attached hydrogen (secondary N) is 1. The first-order valence-electron chi connectivity index (χ1n) is 7.93. The molecular weight excluding hydrogens is 388 g/mol.